The molecule has 0 radical (unpaired) electrons. The molecule has 1 amide bonds. The van der Waals surface area contributed by atoms with E-state index in [2.05, 4.69) is 99.0 Å². The number of unbranched alkanes of at least 4 members (excludes halogenated alkanes) is 20. The Morgan fingerprint density at radius 1 is 0.508 bits per heavy atom. The number of carbonyl (C=O) groups is 2. The van der Waals surface area contributed by atoms with Crippen LogP contribution >= 0.6 is 0 Å². The van der Waals surface area contributed by atoms with Crippen LogP contribution in [-0.2, 0) is 14.3 Å². The minimum atomic E-state index is -0.823. The van der Waals surface area contributed by atoms with Crippen molar-refractivity contribution in [1.29, 1.82) is 0 Å². The summed E-state index contributed by atoms with van der Waals surface area (Å²) in [6.07, 6.45) is 62.5. The molecule has 0 saturated heterocycles. The van der Waals surface area contributed by atoms with Crippen molar-refractivity contribution < 1.29 is 24.5 Å². The number of nitrogens with one attached hydrogen (secondary N) is 1. The average Bonchev–Trinajstić information content (AvgIpc) is 3.25. The number of carbonyl (C=O) groups excluding carboxylic acids is 2. The molecule has 0 rings (SSSR count). The number of aliphatic hydroxyl groups excluding tert-OH is 2. The molecule has 0 heterocycles. The SMILES string of the molecule is CC/C=C\C/C=C\C/C=C\C/C=C\C/C=C\C/C=C\C(CC(=O)NC(CO)C(O)CCCCCCCCCCC)OC(=O)CCCCCCC/C=C/CCCCCCCCC. The maximum absolute atomic E-state index is 13.1. The fraction of sp³-hybridized carbons (Fsp3) is 0.709. The minimum Gasteiger partial charge on any atom is -0.458 e. The van der Waals surface area contributed by atoms with Crippen LogP contribution in [0.3, 0.4) is 0 Å². The molecular formula is C55H95NO5. The van der Waals surface area contributed by atoms with Crippen molar-refractivity contribution in [2.75, 3.05) is 6.61 Å². The Morgan fingerprint density at radius 2 is 0.918 bits per heavy atom. The van der Waals surface area contributed by atoms with Crippen molar-refractivity contribution in [2.45, 2.75) is 244 Å². The molecule has 0 aromatic rings. The first kappa shape index (κ1) is 58.0. The molecule has 0 aromatic heterocycles. The van der Waals surface area contributed by atoms with Gasteiger partial charge in [0.1, 0.15) is 6.10 Å². The molecule has 350 valence electrons. The lowest BCUT2D eigenvalue weighted by molar-refractivity contribution is -0.148. The van der Waals surface area contributed by atoms with Crippen molar-refractivity contribution in [3.8, 4) is 0 Å². The Bertz CT molecular complexity index is 1180. The molecular weight excluding hydrogens is 755 g/mol. The number of ether oxygens (including phenoxy) is 1. The summed E-state index contributed by atoms with van der Waals surface area (Å²) in [5, 5.41) is 23.6. The molecule has 0 bridgehead atoms. The van der Waals surface area contributed by atoms with Crippen LogP contribution in [-0.4, -0.2) is 46.9 Å². The normalized spacial score (nSPS) is 14.0. The number of hydrogen-bond donors (Lipinski definition) is 3. The highest BCUT2D eigenvalue weighted by molar-refractivity contribution is 5.78. The molecule has 0 aliphatic carbocycles. The highest BCUT2D eigenvalue weighted by atomic mass is 16.5. The zero-order chi connectivity index (χ0) is 44.5. The Kier molecular flexibility index (Phi) is 45.7. The standard InChI is InChI=1S/C55H95NO5/c1-4-7-10-13-16-19-21-23-25-27-28-30-32-35-37-40-43-46-51(49-54(59)56-52(50-57)53(58)47-44-41-38-34-18-15-12-9-6-3)61-55(60)48-45-42-39-36-33-31-29-26-24-22-20-17-14-11-8-5-2/h7,10,16,19,23,25-26,28-30,35,37,43,46,51-53,57-58H,4-6,8-9,11-15,17-18,20-22,24,27,31-34,36,38-42,44-45,47-50H2,1-3H3,(H,56,59)/b10-7-,19-16-,25-23-,29-26+,30-28-,37-35-,46-43-. The minimum absolute atomic E-state index is 0.0539. The fourth-order valence-corrected chi connectivity index (χ4v) is 7.13. The second-order valence-corrected chi connectivity index (χ2v) is 16.8. The molecule has 0 aliphatic rings. The van der Waals surface area contributed by atoms with Crippen molar-refractivity contribution in [3.63, 3.8) is 0 Å². The maximum Gasteiger partial charge on any atom is 0.306 e. The van der Waals surface area contributed by atoms with Gasteiger partial charge in [0.15, 0.2) is 0 Å². The molecule has 3 N–H and O–H groups in total. The van der Waals surface area contributed by atoms with Gasteiger partial charge in [0.2, 0.25) is 5.91 Å². The molecule has 0 aromatic carbocycles. The van der Waals surface area contributed by atoms with E-state index >= 15 is 0 Å². The van der Waals surface area contributed by atoms with E-state index in [9.17, 15) is 19.8 Å². The van der Waals surface area contributed by atoms with Gasteiger partial charge in [-0.15, -0.1) is 0 Å². The van der Waals surface area contributed by atoms with Gasteiger partial charge in [-0.05, 0) is 83.1 Å². The Morgan fingerprint density at radius 3 is 1.38 bits per heavy atom. The van der Waals surface area contributed by atoms with Gasteiger partial charge in [-0.1, -0.05) is 215 Å². The predicted octanol–water partition coefficient (Wildman–Crippen LogP) is 15.2. The number of hydrogen-bond acceptors (Lipinski definition) is 5. The van der Waals surface area contributed by atoms with Crippen molar-refractivity contribution in [3.05, 3.63) is 85.1 Å². The number of rotatable bonds is 44. The van der Waals surface area contributed by atoms with Gasteiger partial charge in [-0.25, -0.2) is 0 Å². The topological polar surface area (TPSA) is 95.9 Å². The predicted molar refractivity (Wildman–Crippen MR) is 264 cm³/mol. The van der Waals surface area contributed by atoms with E-state index in [1.54, 1.807) is 6.08 Å². The summed E-state index contributed by atoms with van der Waals surface area (Å²) in [5.74, 6) is -0.645. The maximum atomic E-state index is 13.1. The summed E-state index contributed by atoms with van der Waals surface area (Å²) in [6, 6.07) is -0.747. The Labute approximate surface area is 376 Å². The van der Waals surface area contributed by atoms with Crippen LogP contribution in [0, 0.1) is 0 Å². The van der Waals surface area contributed by atoms with E-state index in [0.29, 0.717) is 19.3 Å². The molecule has 3 atom stereocenters. The first-order chi connectivity index (χ1) is 30.0. The third-order valence-electron chi connectivity index (χ3n) is 11.0. The monoisotopic (exact) mass is 850 g/mol. The molecule has 6 heteroatoms. The van der Waals surface area contributed by atoms with Crippen molar-refractivity contribution in [1.82, 2.24) is 5.32 Å². The zero-order valence-electron chi connectivity index (χ0n) is 39.8. The second-order valence-electron chi connectivity index (χ2n) is 16.8. The van der Waals surface area contributed by atoms with E-state index in [-0.39, 0.29) is 24.9 Å². The largest absolute Gasteiger partial charge is 0.458 e. The van der Waals surface area contributed by atoms with E-state index in [4.69, 9.17) is 4.74 Å². The number of amides is 1. The Hall–Kier alpha value is -2.96. The number of allylic oxidation sites excluding steroid dienone is 13. The fourth-order valence-electron chi connectivity index (χ4n) is 7.13. The first-order valence-corrected chi connectivity index (χ1v) is 25.3. The molecule has 0 aliphatic heterocycles. The smallest absolute Gasteiger partial charge is 0.306 e. The molecule has 0 fully saturated rings. The van der Waals surface area contributed by atoms with Crippen molar-refractivity contribution in [2.24, 2.45) is 0 Å². The number of aliphatic hydroxyl groups is 2. The summed E-state index contributed by atoms with van der Waals surface area (Å²) >= 11 is 0. The van der Waals surface area contributed by atoms with Gasteiger partial charge in [0.25, 0.3) is 0 Å². The summed E-state index contributed by atoms with van der Waals surface area (Å²) in [4.78, 5) is 26.0. The van der Waals surface area contributed by atoms with Gasteiger partial charge in [-0.3, -0.25) is 9.59 Å². The third kappa shape index (κ3) is 43.5. The Balaban J connectivity index is 4.79. The molecule has 61 heavy (non-hydrogen) atoms. The number of esters is 1. The van der Waals surface area contributed by atoms with Gasteiger partial charge >= 0.3 is 5.97 Å². The highest BCUT2D eigenvalue weighted by Crippen LogP contribution is 2.15. The second kappa shape index (κ2) is 48.1. The van der Waals surface area contributed by atoms with E-state index in [1.165, 1.54) is 96.3 Å². The summed E-state index contributed by atoms with van der Waals surface area (Å²) in [6.45, 7) is 6.30. The lowest BCUT2D eigenvalue weighted by Gasteiger charge is -2.23. The van der Waals surface area contributed by atoms with E-state index in [1.807, 2.05) is 6.08 Å². The summed E-state index contributed by atoms with van der Waals surface area (Å²) < 4.78 is 5.81. The quantitative estimate of drug-likeness (QED) is 0.0322. The van der Waals surface area contributed by atoms with Crippen LogP contribution in [0.5, 0.6) is 0 Å². The first-order valence-electron chi connectivity index (χ1n) is 25.3. The lowest BCUT2D eigenvalue weighted by atomic mass is 10.0. The highest BCUT2D eigenvalue weighted by Gasteiger charge is 2.23. The van der Waals surface area contributed by atoms with Gasteiger partial charge in [0, 0.05) is 6.42 Å². The molecule has 0 spiro atoms. The van der Waals surface area contributed by atoms with Gasteiger partial charge < -0.3 is 20.3 Å². The lowest BCUT2D eigenvalue weighted by Crippen LogP contribution is -2.46. The summed E-state index contributed by atoms with van der Waals surface area (Å²) in [7, 11) is 0. The molecule has 6 nitrogen and oxygen atoms in total. The third-order valence-corrected chi connectivity index (χ3v) is 11.0. The van der Waals surface area contributed by atoms with Gasteiger partial charge in [-0.2, -0.15) is 0 Å². The average molecular weight is 850 g/mol. The van der Waals surface area contributed by atoms with Crippen LogP contribution in [0.25, 0.3) is 0 Å². The van der Waals surface area contributed by atoms with E-state index < -0.39 is 18.2 Å². The van der Waals surface area contributed by atoms with Crippen LogP contribution in [0.2, 0.25) is 0 Å². The van der Waals surface area contributed by atoms with Crippen LogP contribution < -0.4 is 5.32 Å². The van der Waals surface area contributed by atoms with E-state index in [0.717, 1.165) is 83.5 Å². The zero-order valence-corrected chi connectivity index (χ0v) is 39.8. The van der Waals surface area contributed by atoms with Gasteiger partial charge in [0.05, 0.1) is 25.2 Å². The van der Waals surface area contributed by atoms with Crippen LogP contribution in [0.15, 0.2) is 85.1 Å². The van der Waals surface area contributed by atoms with Crippen LogP contribution in [0.4, 0.5) is 0 Å². The summed E-state index contributed by atoms with van der Waals surface area (Å²) in [5.41, 5.74) is 0. The van der Waals surface area contributed by atoms with Crippen LogP contribution in [0.1, 0.15) is 226 Å². The van der Waals surface area contributed by atoms with Crippen molar-refractivity contribution >= 4 is 11.9 Å². The molecule has 0 saturated carbocycles. The molecule has 3 unspecified atom stereocenters.